The monoisotopic (exact) mass is 299 g/mol. The Bertz CT molecular complexity index is 122. The molecule has 1 heterocycles. The lowest BCUT2D eigenvalue weighted by Crippen LogP contribution is -3.00. The highest BCUT2D eigenvalue weighted by atomic mass is 79.9. The number of hydrogen-bond donors (Lipinski definition) is 0. The van der Waals surface area contributed by atoms with Crippen LogP contribution in [0.1, 0.15) is 32.6 Å². The van der Waals surface area contributed by atoms with Gasteiger partial charge in [-0.15, -0.1) is 0 Å². The molecule has 0 N–H and O–H groups in total. The average Bonchev–Trinajstić information content (AvgIpc) is 2.04. The van der Waals surface area contributed by atoms with Crippen molar-refractivity contribution in [1.29, 1.82) is 0 Å². The van der Waals surface area contributed by atoms with Crippen LogP contribution < -0.4 is 17.0 Å². The summed E-state index contributed by atoms with van der Waals surface area (Å²) in [5.41, 5.74) is 0. The van der Waals surface area contributed by atoms with Crippen LogP contribution in [-0.2, 0) is 0 Å². The number of likely N-dealkylation sites (tertiary alicyclic amines) is 1. The third-order valence-electron chi connectivity index (χ3n) is 2.85. The fourth-order valence-corrected chi connectivity index (χ4v) is 2.37. The fraction of sp³-hybridized carbons (Fsp3) is 1.00. The summed E-state index contributed by atoms with van der Waals surface area (Å²) >= 11 is 3.77. The van der Waals surface area contributed by atoms with Crippen molar-refractivity contribution in [2.45, 2.75) is 37.6 Å². The molecule has 0 amide bonds. The minimum absolute atomic E-state index is 0. The first kappa shape index (κ1) is 12.9. The molecule has 1 rings (SSSR count). The molecule has 0 aromatic rings. The number of alkyl halides is 1. The lowest BCUT2D eigenvalue weighted by Gasteiger charge is -2.41. The van der Waals surface area contributed by atoms with Crippen molar-refractivity contribution in [2.24, 2.45) is 0 Å². The van der Waals surface area contributed by atoms with Crippen LogP contribution in [0.15, 0.2) is 0 Å². The number of hydrogen-bond acceptors (Lipinski definition) is 0. The summed E-state index contributed by atoms with van der Waals surface area (Å²) in [5.74, 6) is 0. The molecule has 0 bridgehead atoms. The Labute approximate surface area is 95.0 Å². The molecule has 12 heavy (non-hydrogen) atoms. The predicted octanol–water partition coefficient (Wildman–Crippen LogP) is -0.248. The molecule has 0 spiro atoms. The maximum absolute atomic E-state index is 3.77. The molecule has 1 aliphatic heterocycles. The molecule has 0 aromatic heterocycles. The van der Waals surface area contributed by atoms with Gasteiger partial charge in [0.2, 0.25) is 0 Å². The van der Waals surface area contributed by atoms with E-state index in [0.717, 1.165) is 0 Å². The molecule has 1 saturated heterocycles. The van der Waals surface area contributed by atoms with Crippen molar-refractivity contribution in [3.63, 3.8) is 0 Å². The van der Waals surface area contributed by atoms with Gasteiger partial charge in [0.15, 0.2) is 0 Å². The molecular formula is C9H19Br2N. The highest BCUT2D eigenvalue weighted by molar-refractivity contribution is 9.09. The Balaban J connectivity index is 0.00000121. The van der Waals surface area contributed by atoms with E-state index in [1.807, 2.05) is 0 Å². The van der Waals surface area contributed by atoms with Crippen molar-refractivity contribution in [3.8, 4) is 0 Å². The Hall–Kier alpha value is 0.920. The van der Waals surface area contributed by atoms with Crippen molar-refractivity contribution in [2.75, 3.05) is 20.1 Å². The van der Waals surface area contributed by atoms with Crippen LogP contribution in [0.4, 0.5) is 0 Å². The van der Waals surface area contributed by atoms with E-state index in [1.54, 1.807) is 0 Å². The van der Waals surface area contributed by atoms with Crippen LogP contribution >= 0.6 is 15.9 Å². The summed E-state index contributed by atoms with van der Waals surface area (Å²) < 4.78 is 1.25. The summed E-state index contributed by atoms with van der Waals surface area (Å²) in [5, 5.41) is 0. The summed E-state index contributed by atoms with van der Waals surface area (Å²) in [6.45, 7) is 4.99. The van der Waals surface area contributed by atoms with Crippen molar-refractivity contribution < 1.29 is 21.5 Å². The summed E-state index contributed by atoms with van der Waals surface area (Å²) in [4.78, 5) is 0.683. The van der Waals surface area contributed by atoms with Gasteiger partial charge in [-0.2, -0.15) is 0 Å². The molecule has 1 aliphatic rings. The maximum Gasteiger partial charge on any atom is 0.143 e. The summed E-state index contributed by atoms with van der Waals surface area (Å²) in [7, 11) is 2.38. The Morgan fingerprint density at radius 2 is 1.75 bits per heavy atom. The van der Waals surface area contributed by atoms with Gasteiger partial charge in [0.1, 0.15) is 4.95 Å². The van der Waals surface area contributed by atoms with E-state index >= 15 is 0 Å². The number of halogens is 2. The molecule has 74 valence electrons. The van der Waals surface area contributed by atoms with Gasteiger partial charge in [-0.3, -0.25) is 0 Å². The lowest BCUT2D eigenvalue weighted by molar-refractivity contribution is -0.922. The second-order valence-electron chi connectivity index (χ2n) is 3.83. The zero-order valence-corrected chi connectivity index (χ0v) is 11.2. The molecule has 1 fully saturated rings. The predicted molar refractivity (Wildman–Crippen MR) is 52.8 cm³/mol. The van der Waals surface area contributed by atoms with E-state index in [9.17, 15) is 0 Å². The van der Waals surface area contributed by atoms with Crippen molar-refractivity contribution in [3.05, 3.63) is 0 Å². The maximum atomic E-state index is 3.77. The molecular weight excluding hydrogens is 282 g/mol. The SMILES string of the molecule is CCC(Br)[N+]1(C)CCCCC1.[Br-]. The minimum atomic E-state index is 0. The number of rotatable bonds is 2. The van der Waals surface area contributed by atoms with E-state index in [1.165, 1.54) is 43.3 Å². The van der Waals surface area contributed by atoms with E-state index in [4.69, 9.17) is 0 Å². The van der Waals surface area contributed by atoms with Crippen LogP contribution in [0.25, 0.3) is 0 Å². The molecule has 0 saturated carbocycles. The topological polar surface area (TPSA) is 0 Å². The van der Waals surface area contributed by atoms with Gasteiger partial charge in [0.25, 0.3) is 0 Å². The fourth-order valence-electron chi connectivity index (χ4n) is 1.96. The Morgan fingerprint density at radius 3 is 2.17 bits per heavy atom. The number of quaternary nitrogens is 1. The van der Waals surface area contributed by atoms with Crippen molar-refractivity contribution >= 4 is 15.9 Å². The van der Waals surface area contributed by atoms with E-state index in [2.05, 4.69) is 29.9 Å². The highest BCUT2D eigenvalue weighted by Gasteiger charge is 2.30. The number of piperidine rings is 1. The van der Waals surface area contributed by atoms with Gasteiger partial charge < -0.3 is 21.5 Å². The van der Waals surface area contributed by atoms with Gasteiger partial charge in [0, 0.05) is 6.42 Å². The standard InChI is InChI=1S/C9H19BrN.BrH/c1-3-9(10)11(2)7-5-4-6-8-11;/h9H,3-8H2,1-2H3;1H/q+1;/p-1. The molecule has 0 radical (unpaired) electrons. The normalized spacial score (nSPS) is 24.2. The van der Waals surface area contributed by atoms with E-state index in [-0.39, 0.29) is 17.0 Å². The second-order valence-corrected chi connectivity index (χ2v) is 4.89. The first-order valence-electron chi connectivity index (χ1n) is 4.67. The van der Waals surface area contributed by atoms with E-state index < -0.39 is 0 Å². The molecule has 0 aromatic carbocycles. The van der Waals surface area contributed by atoms with Crippen LogP contribution in [0.3, 0.4) is 0 Å². The smallest absolute Gasteiger partial charge is 0.143 e. The first-order valence-corrected chi connectivity index (χ1v) is 5.59. The minimum Gasteiger partial charge on any atom is -1.00 e. The average molecular weight is 301 g/mol. The van der Waals surface area contributed by atoms with Crippen LogP contribution in [0, 0.1) is 0 Å². The lowest BCUT2D eigenvalue weighted by atomic mass is 10.1. The zero-order chi connectivity index (χ0) is 8.32. The second kappa shape index (κ2) is 5.61. The summed E-state index contributed by atoms with van der Waals surface area (Å²) in [6.07, 6.45) is 5.52. The zero-order valence-electron chi connectivity index (χ0n) is 8.02. The van der Waals surface area contributed by atoms with Gasteiger partial charge in [-0.1, -0.05) is 6.92 Å². The molecule has 1 nitrogen and oxygen atoms in total. The highest BCUT2D eigenvalue weighted by Crippen LogP contribution is 2.25. The van der Waals surface area contributed by atoms with Crippen LogP contribution in [-0.4, -0.2) is 29.6 Å². The van der Waals surface area contributed by atoms with Gasteiger partial charge in [-0.25, -0.2) is 0 Å². The quantitative estimate of drug-likeness (QED) is 0.375. The van der Waals surface area contributed by atoms with Crippen LogP contribution in [0.2, 0.25) is 0 Å². The Morgan fingerprint density at radius 1 is 1.25 bits per heavy atom. The largest absolute Gasteiger partial charge is 1.00 e. The third kappa shape index (κ3) is 3.00. The van der Waals surface area contributed by atoms with Crippen molar-refractivity contribution in [1.82, 2.24) is 0 Å². The molecule has 1 atom stereocenters. The number of nitrogens with zero attached hydrogens (tertiary/aromatic N) is 1. The first-order chi connectivity index (χ1) is 5.19. The van der Waals surface area contributed by atoms with Gasteiger partial charge in [0.05, 0.1) is 20.1 Å². The molecule has 0 aliphatic carbocycles. The molecule has 3 heteroatoms. The van der Waals surface area contributed by atoms with Gasteiger partial charge >= 0.3 is 0 Å². The van der Waals surface area contributed by atoms with E-state index in [0.29, 0.717) is 4.95 Å². The third-order valence-corrected chi connectivity index (χ3v) is 4.49. The Kier molecular flexibility index (Phi) is 6.04. The molecule has 1 unspecified atom stereocenters. The summed E-state index contributed by atoms with van der Waals surface area (Å²) in [6, 6.07) is 0. The van der Waals surface area contributed by atoms with Gasteiger partial charge in [-0.05, 0) is 35.2 Å². The van der Waals surface area contributed by atoms with Crippen LogP contribution in [0.5, 0.6) is 0 Å².